The Morgan fingerprint density at radius 3 is 1.97 bits per heavy atom. The van der Waals surface area contributed by atoms with E-state index in [0.717, 1.165) is 5.57 Å². The average molecular weight is 496 g/mol. The van der Waals surface area contributed by atoms with Crippen LogP contribution in [-0.4, -0.2) is 34.3 Å². The molecule has 8 heteroatoms. The monoisotopic (exact) mass is 496 g/mol. The van der Waals surface area contributed by atoms with Crippen molar-refractivity contribution >= 4 is 13.6 Å². The maximum Gasteiger partial charge on any atom is 0.587 e. The van der Waals surface area contributed by atoms with Gasteiger partial charge < -0.3 is 19.3 Å². The van der Waals surface area contributed by atoms with E-state index >= 15 is 0 Å². The highest BCUT2D eigenvalue weighted by Crippen LogP contribution is 2.65. The molecule has 1 fully saturated rings. The number of aliphatic hydroxyl groups is 2. The van der Waals surface area contributed by atoms with Crippen molar-refractivity contribution in [1.29, 1.82) is 0 Å². The molecule has 0 aliphatic heterocycles. The lowest BCUT2D eigenvalue weighted by Crippen LogP contribution is -2.50. The molecule has 2 aromatic rings. The summed E-state index contributed by atoms with van der Waals surface area (Å²) in [6, 6.07) is 17.1. The zero-order valence-corrected chi connectivity index (χ0v) is 20.8. The van der Waals surface area contributed by atoms with Crippen molar-refractivity contribution < 1.29 is 33.1 Å². The van der Waals surface area contributed by atoms with E-state index in [9.17, 15) is 19.6 Å². The molecule has 0 radical (unpaired) electrons. The summed E-state index contributed by atoms with van der Waals surface area (Å²) in [5.74, 6) is 0.204. The molecule has 3 atom stereocenters. The number of phosphoric acid groups is 1. The fourth-order valence-electron chi connectivity index (χ4n) is 5.28. The van der Waals surface area contributed by atoms with Crippen LogP contribution in [0.2, 0.25) is 0 Å². The second-order valence-corrected chi connectivity index (χ2v) is 11.5. The minimum absolute atomic E-state index is 0.242. The zero-order valence-electron chi connectivity index (χ0n) is 19.9. The van der Waals surface area contributed by atoms with Gasteiger partial charge in [-0.05, 0) is 56.5 Å². The summed E-state index contributed by atoms with van der Waals surface area (Å²) in [4.78, 5) is 13.2. The van der Waals surface area contributed by atoms with Crippen molar-refractivity contribution in [3.05, 3.63) is 83.5 Å². The van der Waals surface area contributed by atoms with Gasteiger partial charge in [0, 0.05) is 16.4 Å². The molecule has 0 heterocycles. The molecule has 5 rings (SSSR count). The maximum absolute atomic E-state index is 13.7. The van der Waals surface area contributed by atoms with Gasteiger partial charge in [-0.2, -0.15) is 0 Å². The van der Waals surface area contributed by atoms with Gasteiger partial charge in [0.25, 0.3) is 0 Å². The van der Waals surface area contributed by atoms with Crippen LogP contribution in [0.3, 0.4) is 0 Å². The first-order chi connectivity index (χ1) is 16.5. The molecule has 3 aliphatic rings. The molecule has 0 bridgehead atoms. The Morgan fingerprint density at radius 2 is 1.49 bits per heavy atom. The number of Topliss-reactive ketones (excluding diaryl/α,β-unsaturated/α-hetero) is 1. The first kappa shape index (κ1) is 24.0. The van der Waals surface area contributed by atoms with Crippen LogP contribution in [0.1, 0.15) is 33.6 Å². The Balaban J connectivity index is 1.45. The molecule has 0 saturated heterocycles. The van der Waals surface area contributed by atoms with Gasteiger partial charge in [-0.15, -0.1) is 0 Å². The van der Waals surface area contributed by atoms with Crippen LogP contribution in [0.15, 0.2) is 83.5 Å². The molecular weight excluding hydrogens is 467 g/mol. The predicted octanol–water partition coefficient (Wildman–Crippen LogP) is 5.01. The number of hydrogen-bond donors (Lipinski definition) is 2. The third-order valence-electron chi connectivity index (χ3n) is 7.61. The molecule has 0 aromatic heterocycles. The molecule has 1 saturated carbocycles. The summed E-state index contributed by atoms with van der Waals surface area (Å²) in [7, 11) is -4.19. The van der Waals surface area contributed by atoms with Gasteiger partial charge in [0.1, 0.15) is 17.1 Å². The highest BCUT2D eigenvalue weighted by atomic mass is 31.2. The molecule has 0 unspecified atom stereocenters. The number of phosphoric ester groups is 1. The number of carbonyl (C=O) groups is 1. The van der Waals surface area contributed by atoms with Gasteiger partial charge >= 0.3 is 7.82 Å². The molecule has 0 amide bonds. The highest BCUT2D eigenvalue weighted by Gasteiger charge is 2.66. The third kappa shape index (κ3) is 3.87. The van der Waals surface area contributed by atoms with Gasteiger partial charge in [0.15, 0.2) is 5.78 Å². The van der Waals surface area contributed by atoms with Crippen LogP contribution in [0.5, 0.6) is 11.5 Å². The van der Waals surface area contributed by atoms with Crippen LogP contribution in [-0.2, 0) is 13.9 Å². The summed E-state index contributed by atoms with van der Waals surface area (Å²) in [5, 5.41) is 22.4. The van der Waals surface area contributed by atoms with Crippen LogP contribution in [0.4, 0.5) is 0 Å². The fourth-order valence-corrected chi connectivity index (χ4v) is 6.62. The van der Waals surface area contributed by atoms with Crippen molar-refractivity contribution in [1.82, 2.24) is 0 Å². The Bertz CT molecular complexity index is 1220. The van der Waals surface area contributed by atoms with Crippen LogP contribution in [0, 0.1) is 10.8 Å². The number of para-hydroxylation sites is 2. The number of fused-ring (bicyclic) bond motifs is 1. The second-order valence-electron chi connectivity index (χ2n) is 10.0. The average Bonchev–Trinajstić information content (AvgIpc) is 3.60. The lowest BCUT2D eigenvalue weighted by molar-refractivity contribution is -0.138. The minimum atomic E-state index is -4.19. The molecular formula is C27H29O7P. The summed E-state index contributed by atoms with van der Waals surface area (Å²) < 4.78 is 30.9. The standard InChI is InChI=1S/C27H29O7P/c1-18-22-21(23(28)26(3,30)27(18)14-15-27)16-25(2,24(22)29)17-32-35(31,33-19-10-6-4-7-11-19)34-20-12-8-5-9-13-20/h4-13,16,24,29-30H,14-15,17H2,1-3H3/t24-,25+,26-/m1/s1. The molecule has 184 valence electrons. The van der Waals surface area contributed by atoms with Gasteiger partial charge in [0.2, 0.25) is 0 Å². The van der Waals surface area contributed by atoms with Gasteiger partial charge in [0.05, 0.1) is 12.7 Å². The number of carbonyl (C=O) groups excluding carboxylic acids is 1. The molecule has 2 aromatic carbocycles. The Labute approximate surface area is 204 Å². The molecule has 7 nitrogen and oxygen atoms in total. The molecule has 35 heavy (non-hydrogen) atoms. The van der Waals surface area contributed by atoms with Crippen LogP contribution >= 0.6 is 7.82 Å². The van der Waals surface area contributed by atoms with E-state index in [-0.39, 0.29) is 6.61 Å². The number of aliphatic hydroxyl groups excluding tert-OH is 1. The number of ketones is 1. The Kier molecular flexibility index (Phi) is 5.61. The summed E-state index contributed by atoms with van der Waals surface area (Å²) in [6.45, 7) is 4.90. The number of hydrogen-bond acceptors (Lipinski definition) is 7. The lowest BCUT2D eigenvalue weighted by Gasteiger charge is -2.39. The normalized spacial score (nSPS) is 29.1. The first-order valence-corrected chi connectivity index (χ1v) is 13.1. The van der Waals surface area contributed by atoms with E-state index in [4.69, 9.17) is 13.6 Å². The summed E-state index contributed by atoms with van der Waals surface area (Å²) in [6.07, 6.45) is 1.94. The van der Waals surface area contributed by atoms with Crippen molar-refractivity contribution in [2.45, 2.75) is 45.3 Å². The zero-order chi connectivity index (χ0) is 25.1. The minimum Gasteiger partial charge on any atom is -0.395 e. The van der Waals surface area contributed by atoms with Gasteiger partial charge in [-0.3, -0.25) is 9.32 Å². The number of benzene rings is 2. The predicted molar refractivity (Wildman–Crippen MR) is 130 cm³/mol. The molecule has 1 spiro atoms. The van der Waals surface area contributed by atoms with E-state index < -0.39 is 36.1 Å². The largest absolute Gasteiger partial charge is 0.587 e. The Hall–Kier alpha value is -2.70. The smallest absolute Gasteiger partial charge is 0.395 e. The topological polar surface area (TPSA) is 102 Å². The second kappa shape index (κ2) is 8.17. The lowest BCUT2D eigenvalue weighted by atomic mass is 9.67. The fraction of sp³-hybridized carbons (Fsp3) is 0.370. The molecule has 3 aliphatic carbocycles. The van der Waals surface area contributed by atoms with Crippen molar-refractivity contribution in [3.63, 3.8) is 0 Å². The third-order valence-corrected chi connectivity index (χ3v) is 8.92. The Morgan fingerprint density at radius 1 is 0.971 bits per heavy atom. The van der Waals surface area contributed by atoms with E-state index in [0.29, 0.717) is 35.5 Å². The first-order valence-electron chi connectivity index (χ1n) is 11.6. The maximum atomic E-state index is 13.7. The quantitative estimate of drug-likeness (QED) is 0.520. The van der Waals surface area contributed by atoms with Crippen molar-refractivity contribution in [3.8, 4) is 11.5 Å². The van der Waals surface area contributed by atoms with E-state index in [1.807, 2.05) is 6.92 Å². The van der Waals surface area contributed by atoms with Crippen LogP contribution in [0.25, 0.3) is 0 Å². The van der Waals surface area contributed by atoms with E-state index in [1.54, 1.807) is 80.6 Å². The summed E-state index contributed by atoms with van der Waals surface area (Å²) >= 11 is 0. The number of rotatable bonds is 7. The van der Waals surface area contributed by atoms with Crippen molar-refractivity contribution in [2.75, 3.05) is 6.61 Å². The van der Waals surface area contributed by atoms with E-state index in [1.165, 1.54) is 0 Å². The highest BCUT2D eigenvalue weighted by molar-refractivity contribution is 7.49. The van der Waals surface area contributed by atoms with Crippen LogP contribution < -0.4 is 9.05 Å². The SMILES string of the molecule is CC1=C2C(=C[C@@](C)(COP(=O)(Oc3ccccc3)Oc3ccccc3)[C@@H]2O)C(=O)[C@@](C)(O)C12CC2. The van der Waals surface area contributed by atoms with Gasteiger partial charge in [-0.25, -0.2) is 4.57 Å². The molecule has 2 N–H and O–H groups in total. The van der Waals surface area contributed by atoms with Crippen molar-refractivity contribution in [2.24, 2.45) is 10.8 Å². The summed E-state index contributed by atoms with van der Waals surface area (Å²) in [5.41, 5.74) is -1.59. The van der Waals surface area contributed by atoms with Gasteiger partial charge in [-0.1, -0.05) is 55.0 Å². The van der Waals surface area contributed by atoms with E-state index in [2.05, 4.69) is 0 Å².